The Hall–Kier alpha value is -2.65. The van der Waals surface area contributed by atoms with E-state index in [9.17, 15) is 13.2 Å². The van der Waals surface area contributed by atoms with E-state index in [2.05, 4.69) is 9.97 Å². The number of fused-ring (bicyclic) bond motifs is 1. The fraction of sp³-hybridized carbons (Fsp3) is 0.368. The molecule has 1 aliphatic heterocycles. The molecular weight excluding hydrogens is 380 g/mol. The molecule has 2 aromatic heterocycles. The van der Waals surface area contributed by atoms with Crippen LogP contribution in [0, 0.1) is 0 Å². The van der Waals surface area contributed by atoms with Crippen LogP contribution in [-0.2, 0) is 10.0 Å². The summed E-state index contributed by atoms with van der Waals surface area (Å²) in [6, 6.07) is 9.14. The fourth-order valence-corrected chi connectivity index (χ4v) is 4.28. The standard InChI is InChI=1S/C19H22N4O4S/c1-22(2)28(25,26)17-10-14(12-27-17)19(24)23-9-5-6-13(11-23)18-20-15-7-3-4-8-16(15)21-18/h3-4,7-8,10,12-13H,5-6,9,11H2,1-2H3,(H,20,21). The summed E-state index contributed by atoms with van der Waals surface area (Å²) in [6.07, 6.45) is 3.01. The van der Waals surface area contributed by atoms with Gasteiger partial charge in [-0.15, -0.1) is 0 Å². The Labute approximate surface area is 163 Å². The van der Waals surface area contributed by atoms with Crippen LogP contribution >= 0.6 is 0 Å². The number of carbonyl (C=O) groups excluding carboxylic acids is 1. The Kier molecular flexibility index (Phi) is 4.72. The van der Waals surface area contributed by atoms with Gasteiger partial charge in [0, 0.05) is 39.2 Å². The van der Waals surface area contributed by atoms with Crippen molar-refractivity contribution in [2.75, 3.05) is 27.2 Å². The first-order valence-electron chi connectivity index (χ1n) is 9.11. The lowest BCUT2D eigenvalue weighted by Crippen LogP contribution is -2.39. The average molecular weight is 402 g/mol. The van der Waals surface area contributed by atoms with Crippen LogP contribution in [0.3, 0.4) is 0 Å². The number of piperidine rings is 1. The van der Waals surface area contributed by atoms with Gasteiger partial charge in [-0.05, 0) is 25.0 Å². The summed E-state index contributed by atoms with van der Waals surface area (Å²) in [5, 5.41) is -0.230. The third kappa shape index (κ3) is 3.31. The van der Waals surface area contributed by atoms with Gasteiger partial charge in [-0.3, -0.25) is 4.79 Å². The number of para-hydroxylation sites is 2. The fourth-order valence-electron chi connectivity index (χ4n) is 3.48. The maximum atomic E-state index is 12.9. The number of likely N-dealkylation sites (tertiary alicyclic amines) is 1. The summed E-state index contributed by atoms with van der Waals surface area (Å²) in [4.78, 5) is 22.6. The predicted molar refractivity (Wildman–Crippen MR) is 104 cm³/mol. The number of aromatic nitrogens is 2. The Bertz CT molecular complexity index is 1080. The topological polar surface area (TPSA) is 99.5 Å². The second-order valence-corrected chi connectivity index (χ2v) is 9.25. The summed E-state index contributed by atoms with van der Waals surface area (Å²) in [6.45, 7) is 1.15. The number of carbonyl (C=O) groups is 1. The van der Waals surface area contributed by atoms with Crippen molar-refractivity contribution in [1.29, 1.82) is 0 Å². The summed E-state index contributed by atoms with van der Waals surface area (Å²) in [5.74, 6) is 0.758. The summed E-state index contributed by atoms with van der Waals surface area (Å²) in [5.41, 5.74) is 2.13. The van der Waals surface area contributed by atoms with Crippen LogP contribution in [0.4, 0.5) is 0 Å². The van der Waals surface area contributed by atoms with Crippen LogP contribution in [-0.4, -0.2) is 60.7 Å². The SMILES string of the molecule is CN(C)S(=O)(=O)c1cc(C(=O)N2CCCC(c3nc4ccccc4[nH]3)C2)co1. The van der Waals surface area contributed by atoms with Crippen molar-refractivity contribution in [1.82, 2.24) is 19.2 Å². The lowest BCUT2D eigenvalue weighted by molar-refractivity contribution is 0.0704. The van der Waals surface area contributed by atoms with E-state index in [-0.39, 0.29) is 22.5 Å². The highest BCUT2D eigenvalue weighted by Gasteiger charge is 2.30. The maximum Gasteiger partial charge on any atom is 0.275 e. The van der Waals surface area contributed by atoms with E-state index in [0.717, 1.165) is 34.0 Å². The van der Waals surface area contributed by atoms with E-state index in [1.807, 2.05) is 24.3 Å². The molecule has 1 atom stereocenters. The number of H-pyrrole nitrogens is 1. The van der Waals surface area contributed by atoms with Gasteiger partial charge in [-0.2, -0.15) is 0 Å². The van der Waals surface area contributed by atoms with Crippen molar-refractivity contribution in [3.8, 4) is 0 Å². The Balaban J connectivity index is 1.53. The van der Waals surface area contributed by atoms with Crippen LogP contribution < -0.4 is 0 Å². The van der Waals surface area contributed by atoms with Crippen LogP contribution in [0.2, 0.25) is 0 Å². The van der Waals surface area contributed by atoms with Gasteiger partial charge in [0.15, 0.2) is 0 Å². The van der Waals surface area contributed by atoms with Crippen LogP contribution in [0.1, 0.15) is 34.9 Å². The molecule has 1 saturated heterocycles. The number of hydrogen-bond donors (Lipinski definition) is 1. The van der Waals surface area contributed by atoms with Gasteiger partial charge in [-0.25, -0.2) is 17.7 Å². The first-order chi connectivity index (χ1) is 13.4. The van der Waals surface area contributed by atoms with Gasteiger partial charge in [-0.1, -0.05) is 12.1 Å². The number of rotatable bonds is 4. The molecule has 9 heteroatoms. The van der Waals surface area contributed by atoms with E-state index in [1.54, 1.807) is 4.90 Å². The molecule has 3 aromatic rings. The molecule has 1 N–H and O–H groups in total. The highest BCUT2D eigenvalue weighted by Crippen LogP contribution is 2.28. The smallest absolute Gasteiger partial charge is 0.275 e. The number of amides is 1. The van der Waals surface area contributed by atoms with Crippen molar-refractivity contribution in [3.05, 3.63) is 48.0 Å². The Morgan fingerprint density at radius 2 is 2.11 bits per heavy atom. The van der Waals surface area contributed by atoms with Gasteiger partial charge in [0.25, 0.3) is 15.9 Å². The molecule has 1 aromatic carbocycles. The summed E-state index contributed by atoms with van der Waals surface area (Å²) in [7, 11) is -0.871. The largest absolute Gasteiger partial charge is 0.451 e. The average Bonchev–Trinajstić information content (AvgIpc) is 3.35. The molecule has 4 rings (SSSR count). The third-order valence-electron chi connectivity index (χ3n) is 5.06. The molecule has 28 heavy (non-hydrogen) atoms. The Morgan fingerprint density at radius 1 is 1.32 bits per heavy atom. The summed E-state index contributed by atoms with van der Waals surface area (Å²) >= 11 is 0. The molecule has 148 valence electrons. The molecule has 1 amide bonds. The number of imidazole rings is 1. The van der Waals surface area contributed by atoms with Gasteiger partial charge in [0.2, 0.25) is 5.09 Å². The minimum Gasteiger partial charge on any atom is -0.451 e. The van der Waals surface area contributed by atoms with E-state index in [0.29, 0.717) is 13.1 Å². The lowest BCUT2D eigenvalue weighted by atomic mass is 9.97. The minimum absolute atomic E-state index is 0.113. The van der Waals surface area contributed by atoms with Gasteiger partial charge < -0.3 is 14.3 Å². The van der Waals surface area contributed by atoms with E-state index in [4.69, 9.17) is 4.42 Å². The van der Waals surface area contributed by atoms with E-state index >= 15 is 0 Å². The lowest BCUT2D eigenvalue weighted by Gasteiger charge is -2.31. The number of benzene rings is 1. The normalized spacial score (nSPS) is 18.1. The molecule has 0 bridgehead atoms. The molecule has 0 aliphatic carbocycles. The summed E-state index contributed by atoms with van der Waals surface area (Å²) < 4.78 is 30.5. The van der Waals surface area contributed by atoms with Crippen molar-refractivity contribution in [3.63, 3.8) is 0 Å². The molecule has 1 unspecified atom stereocenters. The number of aromatic amines is 1. The molecule has 0 saturated carbocycles. The van der Waals surface area contributed by atoms with Gasteiger partial charge in [0.05, 0.1) is 16.6 Å². The second kappa shape index (κ2) is 7.06. The van der Waals surface area contributed by atoms with Crippen LogP contribution in [0.5, 0.6) is 0 Å². The molecule has 1 aliphatic rings. The monoisotopic (exact) mass is 402 g/mol. The molecule has 8 nitrogen and oxygen atoms in total. The number of furan rings is 1. The molecule has 0 spiro atoms. The second-order valence-electron chi connectivity index (χ2n) is 7.17. The molecule has 1 fully saturated rings. The van der Waals surface area contributed by atoms with Crippen molar-refractivity contribution in [2.45, 2.75) is 23.9 Å². The minimum atomic E-state index is -3.71. The maximum absolute atomic E-state index is 12.9. The van der Waals surface area contributed by atoms with E-state index in [1.165, 1.54) is 26.4 Å². The highest BCUT2D eigenvalue weighted by atomic mass is 32.2. The predicted octanol–water partition coefficient (Wildman–Crippen LogP) is 2.43. The third-order valence-corrected chi connectivity index (χ3v) is 6.74. The zero-order chi connectivity index (χ0) is 19.9. The zero-order valence-corrected chi connectivity index (χ0v) is 16.6. The Morgan fingerprint density at radius 3 is 2.86 bits per heavy atom. The quantitative estimate of drug-likeness (QED) is 0.722. The number of hydrogen-bond acceptors (Lipinski definition) is 5. The van der Waals surface area contributed by atoms with Crippen molar-refractivity contribution in [2.24, 2.45) is 0 Å². The molecule has 3 heterocycles. The zero-order valence-electron chi connectivity index (χ0n) is 15.8. The van der Waals surface area contributed by atoms with Gasteiger partial charge >= 0.3 is 0 Å². The van der Waals surface area contributed by atoms with Crippen molar-refractivity contribution < 1.29 is 17.6 Å². The number of nitrogens with one attached hydrogen (secondary N) is 1. The highest BCUT2D eigenvalue weighted by molar-refractivity contribution is 7.88. The first kappa shape index (κ1) is 18.7. The van der Waals surface area contributed by atoms with Crippen LogP contribution in [0.25, 0.3) is 11.0 Å². The van der Waals surface area contributed by atoms with E-state index < -0.39 is 10.0 Å². The molecular formula is C19H22N4O4S. The number of nitrogens with zero attached hydrogens (tertiary/aromatic N) is 3. The van der Waals surface area contributed by atoms with Crippen LogP contribution in [0.15, 0.2) is 46.1 Å². The van der Waals surface area contributed by atoms with Crippen molar-refractivity contribution >= 4 is 27.0 Å². The first-order valence-corrected chi connectivity index (χ1v) is 10.6. The van der Waals surface area contributed by atoms with Gasteiger partial charge in [0.1, 0.15) is 12.1 Å². The number of sulfonamides is 1. The molecule has 0 radical (unpaired) electrons.